The predicted molar refractivity (Wildman–Crippen MR) is 88.1 cm³/mol. The van der Waals surface area contributed by atoms with E-state index in [9.17, 15) is 22.0 Å². The standard InChI is InChI=1S/C16H22F2N2O3S/c1-11-5-4-8-19(10-11)16(21)12(2)20(24(3,22)23)13-6-7-14(17)15(18)9-13/h6-7,9,11-12H,4-5,8,10H2,1-3H3/t11-,12-/m1/s1. The molecule has 1 aliphatic heterocycles. The molecule has 0 unspecified atom stereocenters. The molecule has 0 bridgehead atoms. The number of piperidine rings is 1. The number of anilines is 1. The van der Waals surface area contributed by atoms with Crippen molar-refractivity contribution >= 4 is 21.6 Å². The van der Waals surface area contributed by atoms with Crippen LogP contribution in [-0.2, 0) is 14.8 Å². The molecule has 24 heavy (non-hydrogen) atoms. The summed E-state index contributed by atoms with van der Waals surface area (Å²) < 4.78 is 51.8. The van der Waals surface area contributed by atoms with Gasteiger partial charge in [-0.15, -0.1) is 0 Å². The molecule has 0 saturated carbocycles. The predicted octanol–water partition coefficient (Wildman–Crippen LogP) is 2.38. The molecular formula is C16H22F2N2O3S. The first-order valence-corrected chi connectivity index (χ1v) is 9.69. The lowest BCUT2D eigenvalue weighted by atomic mass is 10.00. The number of halogens is 2. The fourth-order valence-corrected chi connectivity index (χ4v) is 4.24. The van der Waals surface area contributed by atoms with E-state index in [0.717, 1.165) is 41.6 Å². The van der Waals surface area contributed by atoms with Crippen LogP contribution in [0.2, 0.25) is 0 Å². The molecule has 134 valence electrons. The first-order chi connectivity index (χ1) is 11.1. The Morgan fingerprint density at radius 3 is 2.54 bits per heavy atom. The third kappa shape index (κ3) is 4.03. The zero-order chi connectivity index (χ0) is 18.1. The van der Waals surface area contributed by atoms with Gasteiger partial charge in [0.2, 0.25) is 15.9 Å². The normalized spacial score (nSPS) is 19.9. The summed E-state index contributed by atoms with van der Waals surface area (Å²) >= 11 is 0. The minimum Gasteiger partial charge on any atom is -0.341 e. The van der Waals surface area contributed by atoms with E-state index in [4.69, 9.17) is 0 Å². The van der Waals surface area contributed by atoms with Gasteiger partial charge in [0.05, 0.1) is 11.9 Å². The molecule has 0 N–H and O–H groups in total. The summed E-state index contributed by atoms with van der Waals surface area (Å²) in [5.74, 6) is -2.22. The molecule has 0 aromatic heterocycles. The van der Waals surface area contributed by atoms with Crippen LogP contribution in [0.5, 0.6) is 0 Å². The quantitative estimate of drug-likeness (QED) is 0.828. The van der Waals surface area contributed by atoms with E-state index in [2.05, 4.69) is 0 Å². The molecule has 2 atom stereocenters. The van der Waals surface area contributed by atoms with Crippen molar-refractivity contribution in [3.8, 4) is 0 Å². The lowest BCUT2D eigenvalue weighted by Crippen LogP contribution is -2.51. The Labute approximate surface area is 141 Å². The number of amides is 1. The van der Waals surface area contributed by atoms with Crippen LogP contribution in [-0.4, -0.2) is 44.6 Å². The van der Waals surface area contributed by atoms with Crippen LogP contribution in [0.3, 0.4) is 0 Å². The van der Waals surface area contributed by atoms with Crippen molar-refractivity contribution in [1.82, 2.24) is 4.90 Å². The van der Waals surface area contributed by atoms with E-state index >= 15 is 0 Å². The van der Waals surface area contributed by atoms with E-state index < -0.39 is 27.7 Å². The number of nitrogens with zero attached hydrogens (tertiary/aromatic N) is 2. The van der Waals surface area contributed by atoms with E-state index in [-0.39, 0.29) is 11.6 Å². The van der Waals surface area contributed by atoms with Gasteiger partial charge in [-0.25, -0.2) is 17.2 Å². The van der Waals surface area contributed by atoms with Crippen molar-refractivity contribution in [2.45, 2.75) is 32.7 Å². The van der Waals surface area contributed by atoms with Crippen LogP contribution in [0, 0.1) is 17.6 Å². The van der Waals surface area contributed by atoms with Crippen molar-refractivity contribution in [2.75, 3.05) is 23.7 Å². The second kappa shape index (κ2) is 7.04. The Morgan fingerprint density at radius 2 is 2.00 bits per heavy atom. The second-order valence-corrected chi connectivity index (χ2v) is 8.22. The molecular weight excluding hydrogens is 338 g/mol. The van der Waals surface area contributed by atoms with Crippen molar-refractivity contribution in [1.29, 1.82) is 0 Å². The van der Waals surface area contributed by atoms with E-state index in [1.54, 1.807) is 4.90 Å². The second-order valence-electron chi connectivity index (χ2n) is 6.36. The van der Waals surface area contributed by atoms with Crippen molar-refractivity contribution in [2.24, 2.45) is 5.92 Å². The van der Waals surface area contributed by atoms with Crippen LogP contribution in [0.1, 0.15) is 26.7 Å². The fourth-order valence-electron chi connectivity index (χ4n) is 3.08. The maximum Gasteiger partial charge on any atom is 0.246 e. The largest absolute Gasteiger partial charge is 0.341 e. The lowest BCUT2D eigenvalue weighted by Gasteiger charge is -2.36. The van der Waals surface area contributed by atoms with Crippen LogP contribution in [0.15, 0.2) is 18.2 Å². The van der Waals surface area contributed by atoms with Gasteiger partial charge in [-0.2, -0.15) is 0 Å². The summed E-state index contributed by atoms with van der Waals surface area (Å²) in [4.78, 5) is 14.3. The first-order valence-electron chi connectivity index (χ1n) is 7.84. The SMILES string of the molecule is C[C@@H]1CCCN(C(=O)[C@@H](C)N(c2ccc(F)c(F)c2)S(C)(=O)=O)C1. The van der Waals surface area contributed by atoms with Gasteiger partial charge < -0.3 is 4.90 Å². The third-order valence-electron chi connectivity index (χ3n) is 4.19. The van der Waals surface area contributed by atoms with Gasteiger partial charge in [0.25, 0.3) is 0 Å². The van der Waals surface area contributed by atoms with Gasteiger partial charge in [0, 0.05) is 19.2 Å². The summed E-state index contributed by atoms with van der Waals surface area (Å²) in [5, 5.41) is 0. The molecule has 1 saturated heterocycles. The number of hydrogen-bond acceptors (Lipinski definition) is 3. The Hall–Kier alpha value is -1.70. The molecule has 2 rings (SSSR count). The molecule has 1 fully saturated rings. The molecule has 0 aliphatic carbocycles. The third-order valence-corrected chi connectivity index (χ3v) is 5.43. The smallest absolute Gasteiger partial charge is 0.246 e. The summed E-state index contributed by atoms with van der Waals surface area (Å²) in [6.45, 7) is 4.64. The average Bonchev–Trinajstić information content (AvgIpc) is 2.48. The molecule has 1 amide bonds. The average molecular weight is 360 g/mol. The van der Waals surface area contributed by atoms with Crippen LogP contribution >= 0.6 is 0 Å². The Morgan fingerprint density at radius 1 is 1.33 bits per heavy atom. The molecule has 5 nitrogen and oxygen atoms in total. The monoisotopic (exact) mass is 360 g/mol. The molecule has 1 aromatic rings. The first kappa shape index (κ1) is 18.6. The van der Waals surface area contributed by atoms with Crippen molar-refractivity contribution in [3.63, 3.8) is 0 Å². The van der Waals surface area contributed by atoms with E-state index in [1.165, 1.54) is 6.92 Å². The molecule has 1 heterocycles. The fraction of sp³-hybridized carbons (Fsp3) is 0.562. The van der Waals surface area contributed by atoms with Gasteiger partial charge in [-0.1, -0.05) is 6.92 Å². The topological polar surface area (TPSA) is 57.7 Å². The molecule has 0 radical (unpaired) electrons. The maximum absolute atomic E-state index is 13.5. The minimum absolute atomic E-state index is 0.0673. The number of rotatable bonds is 4. The highest BCUT2D eigenvalue weighted by molar-refractivity contribution is 7.92. The van der Waals surface area contributed by atoms with Crippen LogP contribution in [0.4, 0.5) is 14.5 Å². The van der Waals surface area contributed by atoms with E-state index in [1.807, 2.05) is 6.92 Å². The zero-order valence-electron chi connectivity index (χ0n) is 14.0. The molecule has 0 spiro atoms. The summed E-state index contributed by atoms with van der Waals surface area (Å²) in [6, 6.07) is 1.76. The van der Waals surface area contributed by atoms with Gasteiger partial charge >= 0.3 is 0 Å². The highest BCUT2D eigenvalue weighted by atomic mass is 32.2. The molecule has 1 aliphatic rings. The van der Waals surface area contributed by atoms with Gasteiger partial charge in [0.1, 0.15) is 6.04 Å². The Kier molecular flexibility index (Phi) is 5.47. The minimum atomic E-state index is -3.85. The number of sulfonamides is 1. The number of carbonyl (C=O) groups excluding carboxylic acids is 1. The van der Waals surface area contributed by atoms with Crippen LogP contribution in [0.25, 0.3) is 0 Å². The molecule has 1 aromatic carbocycles. The van der Waals surface area contributed by atoms with E-state index in [0.29, 0.717) is 19.0 Å². The number of likely N-dealkylation sites (tertiary alicyclic amines) is 1. The van der Waals surface area contributed by atoms with Gasteiger partial charge in [-0.3, -0.25) is 9.10 Å². The summed E-state index contributed by atoms with van der Waals surface area (Å²) in [6.07, 6.45) is 2.83. The lowest BCUT2D eigenvalue weighted by molar-refractivity contribution is -0.133. The number of hydrogen-bond donors (Lipinski definition) is 0. The van der Waals surface area contributed by atoms with Gasteiger partial charge in [0.15, 0.2) is 11.6 Å². The molecule has 8 heteroatoms. The number of carbonyl (C=O) groups is 1. The zero-order valence-corrected chi connectivity index (χ0v) is 14.8. The number of benzene rings is 1. The van der Waals surface area contributed by atoms with Crippen LogP contribution < -0.4 is 4.31 Å². The summed E-state index contributed by atoms with van der Waals surface area (Å²) in [5.41, 5.74) is -0.0673. The maximum atomic E-state index is 13.5. The summed E-state index contributed by atoms with van der Waals surface area (Å²) in [7, 11) is -3.85. The van der Waals surface area contributed by atoms with Gasteiger partial charge in [-0.05, 0) is 37.8 Å². The van der Waals surface area contributed by atoms with Crippen molar-refractivity contribution in [3.05, 3.63) is 29.8 Å². The highest BCUT2D eigenvalue weighted by Gasteiger charge is 2.33. The Bertz CT molecular complexity index is 724. The van der Waals surface area contributed by atoms with Crippen molar-refractivity contribution < 1.29 is 22.0 Å². The Balaban J connectivity index is 2.33. The highest BCUT2D eigenvalue weighted by Crippen LogP contribution is 2.25.